The van der Waals surface area contributed by atoms with Crippen molar-refractivity contribution in [3.63, 3.8) is 0 Å². The molecule has 4 aromatic rings. The fraction of sp³-hybridized carbons (Fsp3) is 0.368. The summed E-state index contributed by atoms with van der Waals surface area (Å²) in [6.45, 7) is 6.99. The summed E-state index contributed by atoms with van der Waals surface area (Å²) in [6.07, 6.45) is 6.94. The minimum absolute atomic E-state index is 0.0767. The first-order chi connectivity index (χ1) is 19.9. The summed E-state index contributed by atoms with van der Waals surface area (Å²) >= 11 is 0. The number of hydrogen-bond acceptors (Lipinski definition) is 2. The first kappa shape index (κ1) is 26.6. The normalized spacial score (nSPS) is 23.6. The molecule has 3 heteroatoms. The van der Waals surface area contributed by atoms with Crippen molar-refractivity contribution in [3.8, 4) is 5.75 Å². The molecule has 210 valence electrons. The molecule has 0 aromatic heterocycles. The van der Waals surface area contributed by atoms with Crippen molar-refractivity contribution >= 4 is 35.2 Å². The molecule has 0 N–H and O–H groups in total. The third kappa shape index (κ3) is 4.54. The number of ether oxygens (including phenoxy) is 1. The molecule has 0 atom stereocenters. The van der Waals surface area contributed by atoms with E-state index in [2.05, 4.69) is 118 Å². The number of fused-ring (bicyclic) bond motifs is 1. The Morgan fingerprint density at radius 3 is 1.73 bits per heavy atom. The van der Waals surface area contributed by atoms with Gasteiger partial charge in [0, 0.05) is 5.56 Å². The standard InChI is InChI=1S/C38H42O2Si/c1-38(2,3)41(34-11-7-5-8-12-34,35-13-9-6-10-14-35)40-33-18-17-28-24-30(16-15-29(28)25-33)37(39-4)36-31-20-26-19-27(22-31)23-32(36)21-26/h5-18,24-27,31-32H,19-23H2,1-4H3. The fourth-order valence-electron chi connectivity index (χ4n) is 8.72. The van der Waals surface area contributed by atoms with Gasteiger partial charge in [0.1, 0.15) is 11.5 Å². The Balaban J connectivity index is 1.28. The van der Waals surface area contributed by atoms with Gasteiger partial charge in [-0.25, -0.2) is 0 Å². The van der Waals surface area contributed by atoms with E-state index in [9.17, 15) is 0 Å². The Labute approximate surface area is 246 Å². The molecular weight excluding hydrogens is 517 g/mol. The molecular formula is C38H42O2Si. The Morgan fingerprint density at radius 2 is 1.20 bits per heavy atom. The zero-order valence-corrected chi connectivity index (χ0v) is 25.9. The van der Waals surface area contributed by atoms with Gasteiger partial charge in [-0.3, -0.25) is 0 Å². The van der Waals surface area contributed by atoms with E-state index >= 15 is 0 Å². The van der Waals surface area contributed by atoms with Gasteiger partial charge in [-0.2, -0.15) is 0 Å². The molecule has 0 saturated heterocycles. The molecule has 2 nitrogen and oxygen atoms in total. The first-order valence-corrected chi connectivity index (χ1v) is 17.4. The van der Waals surface area contributed by atoms with E-state index in [0.717, 1.165) is 35.2 Å². The molecule has 0 amide bonds. The van der Waals surface area contributed by atoms with Gasteiger partial charge in [-0.1, -0.05) is 99.6 Å². The van der Waals surface area contributed by atoms with E-state index in [-0.39, 0.29) is 5.04 Å². The van der Waals surface area contributed by atoms with Crippen molar-refractivity contribution in [2.24, 2.45) is 23.7 Å². The van der Waals surface area contributed by atoms with Crippen molar-refractivity contribution in [1.29, 1.82) is 0 Å². The van der Waals surface area contributed by atoms with Crippen LogP contribution in [0, 0.1) is 23.7 Å². The van der Waals surface area contributed by atoms with Gasteiger partial charge < -0.3 is 9.16 Å². The van der Waals surface area contributed by atoms with Gasteiger partial charge in [0.15, 0.2) is 0 Å². The van der Waals surface area contributed by atoms with Crippen molar-refractivity contribution in [2.75, 3.05) is 7.11 Å². The quantitative estimate of drug-likeness (QED) is 0.174. The SMILES string of the molecule is COC(=C1C2CC3CC(C2)CC1C3)c1ccc2cc(O[Si](c3ccccc3)(c3ccccc3)C(C)(C)C)ccc2c1. The Hall–Kier alpha value is -3.30. The van der Waals surface area contributed by atoms with E-state index in [0.29, 0.717) is 0 Å². The molecule has 4 aliphatic carbocycles. The van der Waals surface area contributed by atoms with Crippen LogP contribution in [0.25, 0.3) is 16.5 Å². The predicted molar refractivity (Wildman–Crippen MR) is 173 cm³/mol. The van der Waals surface area contributed by atoms with E-state index in [1.807, 2.05) is 7.11 Å². The molecule has 0 unspecified atom stereocenters. The number of hydrogen-bond donors (Lipinski definition) is 0. The molecule has 0 radical (unpaired) electrons. The number of methoxy groups -OCH3 is 1. The second-order valence-electron chi connectivity index (χ2n) is 13.8. The number of benzene rings is 4. The maximum Gasteiger partial charge on any atom is 0.319 e. The molecule has 8 rings (SSSR count). The molecule has 4 bridgehead atoms. The number of rotatable bonds is 6. The largest absolute Gasteiger partial charge is 0.534 e. The van der Waals surface area contributed by atoms with Crippen molar-refractivity contribution in [3.05, 3.63) is 108 Å². The van der Waals surface area contributed by atoms with E-state index < -0.39 is 8.32 Å². The number of allylic oxidation sites excluding steroid dienone is 1. The zero-order valence-electron chi connectivity index (χ0n) is 24.9. The van der Waals surface area contributed by atoms with Gasteiger partial charge in [-0.05, 0) is 106 Å². The van der Waals surface area contributed by atoms with Crippen LogP contribution in [0.15, 0.2) is 103 Å². The minimum Gasteiger partial charge on any atom is -0.534 e. The van der Waals surface area contributed by atoms with Crippen LogP contribution in [0.5, 0.6) is 5.75 Å². The van der Waals surface area contributed by atoms with Crippen LogP contribution in [-0.4, -0.2) is 15.4 Å². The third-order valence-corrected chi connectivity index (χ3v) is 15.2. The van der Waals surface area contributed by atoms with Crippen molar-refractivity contribution < 1.29 is 9.16 Å². The summed E-state index contributed by atoms with van der Waals surface area (Å²) in [5, 5.41) is 4.94. The summed E-state index contributed by atoms with van der Waals surface area (Å²) in [5.74, 6) is 5.42. The van der Waals surface area contributed by atoms with Crippen LogP contribution in [0.4, 0.5) is 0 Å². The van der Waals surface area contributed by atoms with Crippen LogP contribution in [0.3, 0.4) is 0 Å². The van der Waals surface area contributed by atoms with Crippen molar-refractivity contribution in [2.45, 2.75) is 57.9 Å². The average molecular weight is 559 g/mol. The summed E-state index contributed by atoms with van der Waals surface area (Å²) in [4.78, 5) is 0. The summed E-state index contributed by atoms with van der Waals surface area (Å²) < 4.78 is 13.5. The zero-order chi connectivity index (χ0) is 28.2. The van der Waals surface area contributed by atoms with E-state index in [1.54, 1.807) is 5.57 Å². The lowest BCUT2D eigenvalue weighted by Gasteiger charge is -2.51. The van der Waals surface area contributed by atoms with Gasteiger partial charge in [-0.15, -0.1) is 0 Å². The Bertz CT molecular complexity index is 1510. The topological polar surface area (TPSA) is 18.5 Å². The van der Waals surface area contributed by atoms with E-state index in [4.69, 9.17) is 9.16 Å². The fourth-order valence-corrected chi connectivity index (χ4v) is 13.1. The highest BCUT2D eigenvalue weighted by Crippen LogP contribution is 2.58. The molecule has 4 fully saturated rings. The van der Waals surface area contributed by atoms with Crippen LogP contribution in [-0.2, 0) is 4.74 Å². The van der Waals surface area contributed by atoms with Crippen LogP contribution < -0.4 is 14.8 Å². The lowest BCUT2D eigenvalue weighted by atomic mass is 9.54. The van der Waals surface area contributed by atoms with Crippen LogP contribution in [0.1, 0.15) is 58.4 Å². The highest BCUT2D eigenvalue weighted by Gasteiger charge is 2.52. The molecule has 4 aliphatic rings. The molecule has 0 heterocycles. The van der Waals surface area contributed by atoms with Crippen LogP contribution >= 0.6 is 0 Å². The smallest absolute Gasteiger partial charge is 0.319 e. The third-order valence-electron chi connectivity index (χ3n) is 10.2. The summed E-state index contributed by atoms with van der Waals surface area (Å²) in [7, 11) is -0.804. The Kier molecular flexibility index (Phi) is 6.62. The molecule has 41 heavy (non-hydrogen) atoms. The highest BCUT2D eigenvalue weighted by molar-refractivity contribution is 7.00. The average Bonchev–Trinajstić information content (AvgIpc) is 2.97. The minimum atomic E-state index is -2.68. The van der Waals surface area contributed by atoms with Gasteiger partial charge >= 0.3 is 8.32 Å². The maximum atomic E-state index is 7.31. The van der Waals surface area contributed by atoms with Gasteiger partial charge in [0.25, 0.3) is 0 Å². The van der Waals surface area contributed by atoms with Crippen molar-refractivity contribution in [1.82, 2.24) is 0 Å². The lowest BCUT2D eigenvalue weighted by molar-refractivity contribution is 0.0675. The van der Waals surface area contributed by atoms with Gasteiger partial charge in [0.05, 0.1) is 7.11 Å². The van der Waals surface area contributed by atoms with E-state index in [1.165, 1.54) is 58.8 Å². The van der Waals surface area contributed by atoms with Crippen LogP contribution in [0.2, 0.25) is 5.04 Å². The molecule has 4 aromatic carbocycles. The summed E-state index contributed by atoms with van der Waals surface area (Å²) in [5.41, 5.74) is 2.84. The lowest BCUT2D eigenvalue weighted by Crippen LogP contribution is -2.68. The molecule has 0 aliphatic heterocycles. The Morgan fingerprint density at radius 1 is 0.659 bits per heavy atom. The monoisotopic (exact) mass is 558 g/mol. The molecule has 4 saturated carbocycles. The second kappa shape index (κ2) is 10.2. The highest BCUT2D eigenvalue weighted by atomic mass is 28.4. The summed E-state index contributed by atoms with van der Waals surface area (Å²) in [6, 6.07) is 35.3. The second-order valence-corrected chi connectivity index (χ2v) is 18.0. The maximum absolute atomic E-state index is 7.31. The molecule has 0 spiro atoms. The van der Waals surface area contributed by atoms with Gasteiger partial charge in [0.2, 0.25) is 0 Å². The predicted octanol–water partition coefficient (Wildman–Crippen LogP) is 8.59. The first-order valence-electron chi connectivity index (χ1n) is 15.5.